The number of Topliss-reactive ketones (excluding diaryl/α,β-unsaturated/α-hetero) is 1. The maximum absolute atomic E-state index is 13.7. The Morgan fingerprint density at radius 1 is 1.08 bits per heavy atom. The van der Waals surface area contributed by atoms with E-state index in [9.17, 15) is 18.4 Å². The van der Waals surface area contributed by atoms with E-state index in [4.69, 9.17) is 0 Å². The summed E-state index contributed by atoms with van der Waals surface area (Å²) in [7, 11) is 0. The third-order valence-corrected chi connectivity index (χ3v) is 11.2. The lowest BCUT2D eigenvalue weighted by atomic mass is 9.48. The number of halogens is 2. The van der Waals surface area contributed by atoms with Crippen molar-refractivity contribution in [1.29, 1.82) is 0 Å². The number of alkyl halides is 2. The fourth-order valence-corrected chi connectivity index (χ4v) is 9.72. The molecule has 5 aliphatic carbocycles. The maximum atomic E-state index is 13.7. The van der Waals surface area contributed by atoms with Gasteiger partial charge >= 0.3 is 0 Å². The zero-order valence-corrected chi connectivity index (χ0v) is 21.3. The van der Waals surface area contributed by atoms with Crippen LogP contribution in [0.15, 0.2) is 24.0 Å². The second-order valence-electron chi connectivity index (χ2n) is 13.4. The number of ketones is 1. The Labute approximate surface area is 211 Å². The summed E-state index contributed by atoms with van der Waals surface area (Å²) in [6, 6.07) is 0. The minimum atomic E-state index is -2.79. The molecule has 7 heteroatoms. The van der Waals surface area contributed by atoms with Crippen LogP contribution < -0.4 is 0 Å². The first-order valence-electron chi connectivity index (χ1n) is 14.1. The predicted molar refractivity (Wildman–Crippen MR) is 130 cm³/mol. The maximum Gasteiger partial charge on any atom is 0.282 e. The Bertz CT molecular complexity index is 1140. The number of likely N-dealkylation sites (tertiary alicyclic amines) is 1. The van der Waals surface area contributed by atoms with E-state index in [2.05, 4.69) is 25.0 Å². The second kappa shape index (κ2) is 7.73. The first kappa shape index (κ1) is 23.1. The van der Waals surface area contributed by atoms with Gasteiger partial charge in [-0.2, -0.15) is 5.10 Å². The van der Waals surface area contributed by atoms with Crippen molar-refractivity contribution < 1.29 is 18.4 Å². The fraction of sp³-hybridized carbons (Fsp3) is 0.759. The first-order valence-corrected chi connectivity index (χ1v) is 14.1. The van der Waals surface area contributed by atoms with Gasteiger partial charge in [-0.15, -0.1) is 0 Å². The molecule has 6 aliphatic rings. The Kier molecular flexibility index (Phi) is 4.96. The molecule has 2 heterocycles. The molecule has 1 saturated heterocycles. The van der Waals surface area contributed by atoms with Crippen molar-refractivity contribution in [3.05, 3.63) is 29.6 Å². The second-order valence-corrected chi connectivity index (χ2v) is 13.4. The van der Waals surface area contributed by atoms with Crippen molar-refractivity contribution >= 4 is 11.7 Å². The van der Waals surface area contributed by atoms with Gasteiger partial charge in [0.1, 0.15) is 6.54 Å². The lowest BCUT2D eigenvalue weighted by Gasteiger charge is -2.56. The number of aromatic nitrogens is 2. The molecule has 1 aromatic rings. The third kappa shape index (κ3) is 3.39. The Morgan fingerprint density at radius 2 is 1.86 bits per heavy atom. The average Bonchev–Trinajstić information content (AvgIpc) is 3.31. The highest BCUT2D eigenvalue weighted by molar-refractivity contribution is 5.94. The molecule has 0 N–H and O–H groups in total. The summed E-state index contributed by atoms with van der Waals surface area (Å²) >= 11 is 0. The normalized spacial score (nSPS) is 43.9. The van der Waals surface area contributed by atoms with Gasteiger partial charge in [0.2, 0.25) is 0 Å². The molecule has 0 aromatic carbocycles. The monoisotopic (exact) mass is 497 g/mol. The van der Waals surface area contributed by atoms with Crippen molar-refractivity contribution in [2.24, 2.45) is 52.8 Å². The van der Waals surface area contributed by atoms with Crippen LogP contribution in [-0.4, -0.2) is 45.4 Å². The van der Waals surface area contributed by atoms with Gasteiger partial charge in [-0.25, -0.2) is 8.78 Å². The number of hydrogen-bond donors (Lipinski definition) is 0. The topological polar surface area (TPSA) is 55.2 Å². The van der Waals surface area contributed by atoms with Crippen LogP contribution in [0.3, 0.4) is 0 Å². The largest absolute Gasteiger partial charge is 0.326 e. The number of carbonyl (C=O) groups is 2. The van der Waals surface area contributed by atoms with Gasteiger partial charge in [-0.1, -0.05) is 31.9 Å². The number of nitrogens with zero attached hydrogens (tertiary/aromatic N) is 3. The number of hydrogen-bond acceptors (Lipinski definition) is 3. The number of fused-ring (bicyclic) bond motifs is 7. The molecule has 4 saturated carbocycles. The molecule has 194 valence electrons. The van der Waals surface area contributed by atoms with Gasteiger partial charge in [0.15, 0.2) is 5.78 Å². The molecular weight excluding hydrogens is 460 g/mol. The van der Waals surface area contributed by atoms with Crippen molar-refractivity contribution in [3.63, 3.8) is 0 Å². The predicted octanol–water partition coefficient (Wildman–Crippen LogP) is 5.22. The minimum absolute atomic E-state index is 0.0246. The van der Waals surface area contributed by atoms with Crippen LogP contribution in [0, 0.1) is 52.8 Å². The molecule has 36 heavy (non-hydrogen) atoms. The molecule has 1 aliphatic heterocycles. The number of carbonyl (C=O) groups excluding carboxylic acids is 2. The molecule has 7 rings (SSSR count). The standard InChI is InChI=1S/C29H37F2N3O2/c1-16-3-5-19-17(9-16)4-6-21-20(19)7-8-28(2)25(21)22-10-23(22)26(28)24(35)13-34-12-18(11-32-34)27(36)33-14-29(30,31)15-33/h10-12,16-17,19-22,25-26H,3-9,13-15H2,1-2H3/t16-,17+,19-,20+,21+,22+,25+,26+,28-/m0/s1. The molecule has 0 bridgehead atoms. The van der Waals surface area contributed by atoms with Crippen LogP contribution in [-0.2, 0) is 11.3 Å². The highest BCUT2D eigenvalue weighted by Crippen LogP contribution is 2.71. The third-order valence-electron chi connectivity index (χ3n) is 11.2. The fourth-order valence-electron chi connectivity index (χ4n) is 9.72. The Hall–Kier alpha value is -2.05. The van der Waals surface area contributed by atoms with Crippen LogP contribution in [0.25, 0.3) is 0 Å². The van der Waals surface area contributed by atoms with Crippen LogP contribution >= 0.6 is 0 Å². The zero-order chi connectivity index (χ0) is 25.0. The number of rotatable bonds is 4. The van der Waals surface area contributed by atoms with Crippen LogP contribution in [0.1, 0.15) is 69.2 Å². The van der Waals surface area contributed by atoms with E-state index in [-0.39, 0.29) is 29.2 Å². The van der Waals surface area contributed by atoms with Gasteiger partial charge in [0.25, 0.3) is 11.8 Å². The lowest BCUT2D eigenvalue weighted by Crippen LogP contribution is -2.58. The smallest absolute Gasteiger partial charge is 0.282 e. The van der Waals surface area contributed by atoms with Gasteiger partial charge in [-0.05, 0) is 79.4 Å². The SMILES string of the molecule is C[C@H]1CC[C@H]2[C@H](CC[C@@H]3[C@@H]2CC[C@]2(C)[C@@H](C(=O)Cn4cc(C(=O)N5CC(F)(F)C5)cn4)C4=C[C@H]4[C@@H]32)C1. The highest BCUT2D eigenvalue weighted by atomic mass is 19.3. The number of amides is 1. The van der Waals surface area contributed by atoms with Gasteiger partial charge < -0.3 is 4.90 Å². The quantitative estimate of drug-likeness (QED) is 0.536. The molecule has 1 aromatic heterocycles. The van der Waals surface area contributed by atoms with Gasteiger partial charge in [-0.3, -0.25) is 14.3 Å². The van der Waals surface area contributed by atoms with E-state index in [1.807, 2.05) is 0 Å². The lowest BCUT2D eigenvalue weighted by molar-refractivity contribution is -0.130. The summed E-state index contributed by atoms with van der Waals surface area (Å²) < 4.78 is 27.9. The molecule has 0 radical (unpaired) electrons. The molecule has 0 unspecified atom stereocenters. The molecular formula is C29H37F2N3O2. The summed E-state index contributed by atoms with van der Waals surface area (Å²) in [4.78, 5) is 27.3. The van der Waals surface area contributed by atoms with Crippen molar-refractivity contribution in [3.8, 4) is 0 Å². The van der Waals surface area contributed by atoms with E-state index in [1.54, 1.807) is 6.20 Å². The van der Waals surface area contributed by atoms with Crippen molar-refractivity contribution in [1.82, 2.24) is 14.7 Å². The van der Waals surface area contributed by atoms with E-state index < -0.39 is 24.9 Å². The van der Waals surface area contributed by atoms with Gasteiger partial charge in [0.05, 0.1) is 24.8 Å². The molecule has 9 atom stereocenters. The highest BCUT2D eigenvalue weighted by Gasteiger charge is 2.66. The van der Waals surface area contributed by atoms with Crippen molar-refractivity contribution in [2.75, 3.05) is 13.1 Å². The minimum Gasteiger partial charge on any atom is -0.326 e. The van der Waals surface area contributed by atoms with E-state index >= 15 is 0 Å². The summed E-state index contributed by atoms with van der Waals surface area (Å²) in [5, 5.41) is 4.25. The average molecular weight is 498 g/mol. The number of allylic oxidation sites excluding steroid dienone is 2. The zero-order valence-electron chi connectivity index (χ0n) is 21.3. The van der Waals surface area contributed by atoms with Crippen LogP contribution in [0.5, 0.6) is 0 Å². The van der Waals surface area contributed by atoms with Crippen LogP contribution in [0.2, 0.25) is 0 Å². The molecule has 0 spiro atoms. The Morgan fingerprint density at radius 3 is 2.64 bits per heavy atom. The Balaban J connectivity index is 1.05. The molecule has 5 fully saturated rings. The van der Waals surface area contributed by atoms with Crippen LogP contribution in [0.4, 0.5) is 8.78 Å². The van der Waals surface area contributed by atoms with Crippen molar-refractivity contribution in [2.45, 2.75) is 71.3 Å². The summed E-state index contributed by atoms with van der Waals surface area (Å²) in [6.07, 6.45) is 14.6. The summed E-state index contributed by atoms with van der Waals surface area (Å²) in [6.45, 7) is 3.85. The van der Waals surface area contributed by atoms with E-state index in [0.717, 1.165) is 40.9 Å². The van der Waals surface area contributed by atoms with E-state index in [0.29, 0.717) is 11.8 Å². The summed E-state index contributed by atoms with van der Waals surface area (Å²) in [5.74, 6) is 2.30. The van der Waals surface area contributed by atoms with Gasteiger partial charge in [0, 0.05) is 18.0 Å². The molecule has 5 nitrogen and oxygen atoms in total. The first-order chi connectivity index (χ1) is 17.1. The molecule has 1 amide bonds. The summed E-state index contributed by atoms with van der Waals surface area (Å²) in [5.41, 5.74) is 1.66. The van der Waals surface area contributed by atoms with E-state index in [1.165, 1.54) is 55.0 Å².